The van der Waals surface area contributed by atoms with Crippen molar-refractivity contribution in [2.24, 2.45) is 0 Å². The lowest BCUT2D eigenvalue weighted by molar-refractivity contribution is -0.113. The van der Waals surface area contributed by atoms with Crippen LogP contribution in [-0.2, 0) is 15.6 Å². The van der Waals surface area contributed by atoms with E-state index in [4.69, 9.17) is 4.42 Å². The molecule has 1 heterocycles. The second-order valence-electron chi connectivity index (χ2n) is 3.86. The first kappa shape index (κ1) is 13.5. The number of rotatable bonds is 4. The molecule has 4 nitrogen and oxygen atoms in total. The van der Waals surface area contributed by atoms with Crippen LogP contribution in [0.3, 0.4) is 0 Å². The predicted molar refractivity (Wildman–Crippen MR) is 69.8 cm³/mol. The third-order valence-corrected chi connectivity index (χ3v) is 3.91. The summed E-state index contributed by atoms with van der Waals surface area (Å²) in [6.07, 6.45) is 1.41. The molecular weight excluding hydrogens is 269 g/mol. The van der Waals surface area contributed by atoms with E-state index in [0.29, 0.717) is 10.7 Å². The van der Waals surface area contributed by atoms with Crippen LogP contribution in [0, 0.1) is 12.7 Å². The molecule has 100 valence electrons. The molecule has 0 fully saturated rings. The number of nitrogens with one attached hydrogen (secondary N) is 1. The average Bonchev–Trinajstić information content (AvgIpc) is 2.78. The van der Waals surface area contributed by atoms with Crippen LogP contribution in [0.25, 0.3) is 0 Å². The standard InChI is InChI=1S/C13H12FNO3S/c1-9-12(6-7-18-9)19(17)8-13(16)15-11-5-3-2-4-10(11)14/h2-7H,8H2,1H3,(H,15,16)/t19-/m0/s1. The zero-order valence-corrected chi connectivity index (χ0v) is 11.0. The van der Waals surface area contributed by atoms with Crippen LogP contribution < -0.4 is 5.32 Å². The van der Waals surface area contributed by atoms with E-state index < -0.39 is 22.5 Å². The Morgan fingerprint density at radius 1 is 1.37 bits per heavy atom. The molecule has 0 radical (unpaired) electrons. The van der Waals surface area contributed by atoms with Crippen LogP contribution in [-0.4, -0.2) is 15.9 Å². The first-order valence-corrected chi connectivity index (χ1v) is 6.86. The number of halogens is 1. The lowest BCUT2D eigenvalue weighted by Crippen LogP contribution is -2.20. The largest absolute Gasteiger partial charge is 0.468 e. The molecule has 0 aliphatic carbocycles. The number of anilines is 1. The van der Waals surface area contributed by atoms with Gasteiger partial charge in [-0.3, -0.25) is 9.00 Å². The van der Waals surface area contributed by atoms with Crippen LogP contribution in [0.5, 0.6) is 0 Å². The van der Waals surface area contributed by atoms with E-state index in [0.717, 1.165) is 0 Å². The molecule has 1 aromatic heterocycles. The molecule has 2 aromatic rings. The normalized spacial score (nSPS) is 12.1. The Bertz CT molecular complexity index is 624. The van der Waals surface area contributed by atoms with E-state index in [2.05, 4.69) is 5.32 Å². The fourth-order valence-electron chi connectivity index (χ4n) is 1.56. The summed E-state index contributed by atoms with van der Waals surface area (Å²) in [5.74, 6) is -0.767. The summed E-state index contributed by atoms with van der Waals surface area (Å²) in [6.45, 7) is 1.67. The minimum Gasteiger partial charge on any atom is -0.468 e. The van der Waals surface area contributed by atoms with Crippen molar-refractivity contribution in [2.75, 3.05) is 11.1 Å². The summed E-state index contributed by atoms with van der Waals surface area (Å²) in [7, 11) is -1.50. The Kier molecular flexibility index (Phi) is 4.11. The molecule has 6 heteroatoms. The molecule has 0 saturated carbocycles. The predicted octanol–water partition coefficient (Wildman–Crippen LogP) is 2.47. The molecule has 0 spiro atoms. The van der Waals surface area contributed by atoms with E-state index in [9.17, 15) is 13.4 Å². The van der Waals surface area contributed by atoms with Gasteiger partial charge in [-0.1, -0.05) is 12.1 Å². The van der Waals surface area contributed by atoms with Crippen molar-refractivity contribution >= 4 is 22.4 Å². The maximum atomic E-state index is 13.3. The lowest BCUT2D eigenvalue weighted by atomic mass is 10.3. The molecule has 1 amide bonds. The molecule has 0 saturated heterocycles. The van der Waals surface area contributed by atoms with Gasteiger partial charge in [0.25, 0.3) is 0 Å². The van der Waals surface area contributed by atoms with Gasteiger partial charge >= 0.3 is 0 Å². The fourth-order valence-corrected chi connectivity index (χ4v) is 2.60. The van der Waals surface area contributed by atoms with Crippen molar-refractivity contribution in [3.05, 3.63) is 48.2 Å². The fraction of sp³-hybridized carbons (Fsp3) is 0.154. The first-order chi connectivity index (χ1) is 9.08. The topological polar surface area (TPSA) is 59.3 Å². The van der Waals surface area contributed by atoms with Crippen molar-refractivity contribution in [1.82, 2.24) is 0 Å². The quantitative estimate of drug-likeness (QED) is 0.936. The summed E-state index contributed by atoms with van der Waals surface area (Å²) < 4.78 is 30.2. The van der Waals surface area contributed by atoms with E-state index in [1.807, 2.05) is 0 Å². The molecule has 0 aliphatic rings. The maximum absolute atomic E-state index is 13.3. The highest BCUT2D eigenvalue weighted by Gasteiger charge is 2.15. The Balaban J connectivity index is 2.01. The third-order valence-electron chi connectivity index (χ3n) is 2.47. The average molecular weight is 281 g/mol. The number of amides is 1. The summed E-state index contributed by atoms with van der Waals surface area (Å²) >= 11 is 0. The van der Waals surface area contributed by atoms with Gasteiger partial charge in [-0.25, -0.2) is 4.39 Å². The monoisotopic (exact) mass is 281 g/mol. The number of hydrogen-bond acceptors (Lipinski definition) is 3. The molecule has 19 heavy (non-hydrogen) atoms. The van der Waals surface area contributed by atoms with Crippen LogP contribution in [0.1, 0.15) is 5.76 Å². The second-order valence-corrected chi connectivity index (χ2v) is 5.28. The highest BCUT2D eigenvalue weighted by molar-refractivity contribution is 7.85. The van der Waals surface area contributed by atoms with Gasteiger partial charge in [0.05, 0.1) is 27.6 Å². The maximum Gasteiger partial charge on any atom is 0.237 e. The number of carbonyl (C=O) groups excluding carboxylic acids is 1. The van der Waals surface area contributed by atoms with Gasteiger partial charge in [0.15, 0.2) is 0 Å². The van der Waals surface area contributed by atoms with Crippen molar-refractivity contribution in [3.8, 4) is 0 Å². The van der Waals surface area contributed by atoms with Crippen molar-refractivity contribution < 1.29 is 17.8 Å². The number of para-hydroxylation sites is 1. The van der Waals surface area contributed by atoms with E-state index in [1.165, 1.54) is 24.5 Å². The van der Waals surface area contributed by atoms with Gasteiger partial charge in [0.1, 0.15) is 17.3 Å². The molecule has 1 atom stereocenters. The smallest absolute Gasteiger partial charge is 0.237 e. The lowest BCUT2D eigenvalue weighted by Gasteiger charge is -2.05. The van der Waals surface area contributed by atoms with Crippen molar-refractivity contribution in [1.29, 1.82) is 0 Å². The molecule has 1 N–H and O–H groups in total. The van der Waals surface area contributed by atoms with Crippen LogP contribution in [0.4, 0.5) is 10.1 Å². The summed E-state index contributed by atoms with van der Waals surface area (Å²) in [4.78, 5) is 12.2. The van der Waals surface area contributed by atoms with Gasteiger partial charge in [0, 0.05) is 0 Å². The summed E-state index contributed by atoms with van der Waals surface area (Å²) in [5, 5.41) is 2.38. The number of carbonyl (C=O) groups is 1. The van der Waals surface area contributed by atoms with Gasteiger partial charge < -0.3 is 9.73 Å². The third kappa shape index (κ3) is 3.29. The van der Waals surface area contributed by atoms with Crippen LogP contribution in [0.15, 0.2) is 45.9 Å². The zero-order chi connectivity index (χ0) is 13.8. The minimum atomic E-state index is -1.50. The molecule has 0 bridgehead atoms. The van der Waals surface area contributed by atoms with Crippen LogP contribution >= 0.6 is 0 Å². The first-order valence-electron chi connectivity index (χ1n) is 5.55. The Morgan fingerprint density at radius 3 is 2.74 bits per heavy atom. The molecule has 1 aromatic carbocycles. The molecular formula is C13H12FNO3S. The second kappa shape index (κ2) is 5.79. The van der Waals surface area contributed by atoms with Gasteiger partial charge in [-0.2, -0.15) is 0 Å². The zero-order valence-electron chi connectivity index (χ0n) is 10.2. The number of aryl methyl sites for hydroxylation is 1. The van der Waals surface area contributed by atoms with Crippen LogP contribution in [0.2, 0.25) is 0 Å². The highest BCUT2D eigenvalue weighted by atomic mass is 32.2. The van der Waals surface area contributed by atoms with Gasteiger partial charge in [-0.15, -0.1) is 0 Å². The van der Waals surface area contributed by atoms with E-state index >= 15 is 0 Å². The number of furan rings is 1. The Hall–Kier alpha value is -1.95. The molecule has 2 rings (SSSR count). The molecule has 0 unspecified atom stereocenters. The SMILES string of the molecule is Cc1occc1[S@@](=O)CC(=O)Nc1ccccc1F. The van der Waals surface area contributed by atoms with E-state index in [-0.39, 0.29) is 11.4 Å². The Morgan fingerprint density at radius 2 is 2.11 bits per heavy atom. The van der Waals surface area contributed by atoms with Gasteiger partial charge in [0.2, 0.25) is 5.91 Å². The number of hydrogen-bond donors (Lipinski definition) is 1. The van der Waals surface area contributed by atoms with E-state index in [1.54, 1.807) is 19.1 Å². The number of benzene rings is 1. The molecule has 0 aliphatic heterocycles. The van der Waals surface area contributed by atoms with Gasteiger partial charge in [-0.05, 0) is 25.1 Å². The highest BCUT2D eigenvalue weighted by Crippen LogP contribution is 2.15. The Labute approximate surface area is 112 Å². The van der Waals surface area contributed by atoms with Crippen molar-refractivity contribution in [2.45, 2.75) is 11.8 Å². The summed E-state index contributed by atoms with van der Waals surface area (Å²) in [6, 6.07) is 7.38. The summed E-state index contributed by atoms with van der Waals surface area (Å²) in [5.41, 5.74) is 0.0772. The minimum absolute atomic E-state index is 0.0772. The van der Waals surface area contributed by atoms with Crippen molar-refractivity contribution in [3.63, 3.8) is 0 Å².